The summed E-state index contributed by atoms with van der Waals surface area (Å²) in [5.41, 5.74) is 0.331. The van der Waals surface area contributed by atoms with Crippen LogP contribution in [0.4, 0.5) is 0 Å². The minimum Gasteiger partial charge on any atom is -0.394 e. The number of aliphatic hydroxyl groups excluding tert-OH is 4. The highest BCUT2D eigenvalue weighted by atomic mass is 16.7. The summed E-state index contributed by atoms with van der Waals surface area (Å²) in [5.74, 6) is 0.896. The molecule has 0 aromatic heterocycles. The fourth-order valence-electron chi connectivity index (χ4n) is 6.46. The summed E-state index contributed by atoms with van der Waals surface area (Å²) in [6, 6.07) is -0.607. The molecule has 4 rings (SSSR count). The number of carbonyl (C=O) groups excluding carboxylic acids is 1. The van der Waals surface area contributed by atoms with Crippen LogP contribution in [0.15, 0.2) is 0 Å². The number of rotatable bonds is 10. The summed E-state index contributed by atoms with van der Waals surface area (Å²) >= 11 is 0. The van der Waals surface area contributed by atoms with E-state index in [2.05, 4.69) is 26.1 Å². The Morgan fingerprint density at radius 2 is 1.91 bits per heavy atom. The number of aliphatic hydroxyl groups is 4. The normalized spacial score (nSPS) is 39.2. The number of hydrogen-bond acceptors (Lipinski definition) is 7. The number of amides is 1. The Morgan fingerprint density at radius 1 is 1.22 bits per heavy atom. The third-order valence-electron chi connectivity index (χ3n) is 8.80. The Morgan fingerprint density at radius 3 is 2.44 bits per heavy atom. The van der Waals surface area contributed by atoms with Crippen molar-refractivity contribution in [1.29, 1.82) is 0 Å². The molecule has 8 heteroatoms. The van der Waals surface area contributed by atoms with Gasteiger partial charge in [-0.05, 0) is 62.2 Å². The highest BCUT2D eigenvalue weighted by molar-refractivity contribution is 5.82. The van der Waals surface area contributed by atoms with E-state index in [0.717, 1.165) is 6.42 Å². The molecule has 3 saturated carbocycles. The first-order valence-electron chi connectivity index (χ1n) is 12.4. The van der Waals surface area contributed by atoms with Crippen LogP contribution in [0.2, 0.25) is 0 Å². The van der Waals surface area contributed by atoms with Crippen molar-refractivity contribution in [3.05, 3.63) is 0 Å². The standard InChI is InChI=1S/C24H44N2O6/c1-6-18(29)19(30)8-7-9-26-22(21(14(3)28)20(12-27)32-26)23(31)25-17-11-15-10-16(13(17)2)24(15,4)5/h13-22,27-30H,6-12H2,1-5H3,(H,25,31)/t13-,14-,15-,16+,17-,18?,19?,20-,21+,22-/m0/s1. The molecule has 0 radical (unpaired) electrons. The number of nitrogens with one attached hydrogen (secondary N) is 1. The lowest BCUT2D eigenvalue weighted by Crippen LogP contribution is -2.62. The summed E-state index contributed by atoms with van der Waals surface area (Å²) in [6.45, 7) is 10.4. The van der Waals surface area contributed by atoms with Gasteiger partial charge in [0.25, 0.3) is 0 Å². The predicted octanol–water partition coefficient (Wildman–Crippen LogP) is 1.06. The van der Waals surface area contributed by atoms with E-state index in [1.807, 2.05) is 6.92 Å². The first-order valence-corrected chi connectivity index (χ1v) is 12.4. The van der Waals surface area contributed by atoms with E-state index in [9.17, 15) is 25.2 Å². The molecule has 0 spiro atoms. The van der Waals surface area contributed by atoms with Crippen LogP contribution in [0.3, 0.4) is 0 Å². The van der Waals surface area contributed by atoms with Gasteiger partial charge in [-0.3, -0.25) is 9.63 Å². The summed E-state index contributed by atoms with van der Waals surface area (Å²) in [7, 11) is 0. The van der Waals surface area contributed by atoms with Gasteiger partial charge < -0.3 is 25.7 Å². The minimum atomic E-state index is -0.825. The molecule has 186 valence electrons. The molecule has 10 atom stereocenters. The lowest BCUT2D eigenvalue weighted by Gasteiger charge is -2.62. The van der Waals surface area contributed by atoms with Crippen LogP contribution in [0.1, 0.15) is 66.7 Å². The first-order chi connectivity index (χ1) is 15.0. The lowest BCUT2D eigenvalue weighted by molar-refractivity contribution is -0.179. The number of fused-ring (bicyclic) bond motifs is 2. The molecule has 4 fully saturated rings. The molecule has 2 bridgehead atoms. The molecule has 32 heavy (non-hydrogen) atoms. The third kappa shape index (κ3) is 4.86. The smallest absolute Gasteiger partial charge is 0.240 e. The van der Waals surface area contributed by atoms with Crippen molar-refractivity contribution < 1.29 is 30.1 Å². The molecular weight excluding hydrogens is 412 g/mol. The molecule has 1 aliphatic heterocycles. The van der Waals surface area contributed by atoms with Crippen molar-refractivity contribution in [2.75, 3.05) is 13.2 Å². The van der Waals surface area contributed by atoms with E-state index in [1.54, 1.807) is 12.0 Å². The van der Waals surface area contributed by atoms with Gasteiger partial charge >= 0.3 is 0 Å². The largest absolute Gasteiger partial charge is 0.394 e. The second-order valence-electron chi connectivity index (χ2n) is 11.0. The lowest BCUT2D eigenvalue weighted by atomic mass is 9.45. The fourth-order valence-corrected chi connectivity index (χ4v) is 6.46. The summed E-state index contributed by atoms with van der Waals surface area (Å²) in [5, 5.41) is 44.9. The number of hydrogen-bond donors (Lipinski definition) is 5. The molecule has 3 aliphatic carbocycles. The zero-order valence-corrected chi connectivity index (χ0v) is 20.3. The van der Waals surface area contributed by atoms with Gasteiger partial charge in [0.2, 0.25) is 5.91 Å². The van der Waals surface area contributed by atoms with E-state index in [4.69, 9.17) is 4.84 Å². The first kappa shape index (κ1) is 25.8. The van der Waals surface area contributed by atoms with Crippen LogP contribution in [0.5, 0.6) is 0 Å². The SMILES string of the molecule is CCC(O)C(O)CCCN1O[C@@H](CO)[C@@H]([C@H](C)O)[C@H]1C(=O)N[C@H]1C[C@@H]2C[C@H]([C@@H]1C)C2(C)C. The van der Waals surface area contributed by atoms with Crippen LogP contribution in [0.25, 0.3) is 0 Å². The number of carbonyl (C=O) groups is 1. The highest BCUT2D eigenvalue weighted by Gasteiger charge is 2.57. The van der Waals surface area contributed by atoms with E-state index in [1.165, 1.54) is 6.42 Å². The van der Waals surface area contributed by atoms with Crippen LogP contribution in [-0.4, -0.2) is 81.0 Å². The summed E-state index contributed by atoms with van der Waals surface area (Å²) in [6.07, 6.45) is 0.491. The summed E-state index contributed by atoms with van der Waals surface area (Å²) < 4.78 is 0. The Hall–Kier alpha value is -0.770. The van der Waals surface area contributed by atoms with E-state index in [0.29, 0.717) is 49.0 Å². The van der Waals surface area contributed by atoms with Crippen LogP contribution >= 0.6 is 0 Å². The molecule has 8 nitrogen and oxygen atoms in total. The predicted molar refractivity (Wildman–Crippen MR) is 120 cm³/mol. The fraction of sp³-hybridized carbons (Fsp3) is 0.958. The van der Waals surface area contributed by atoms with Crippen molar-refractivity contribution in [2.24, 2.45) is 29.1 Å². The van der Waals surface area contributed by atoms with Gasteiger partial charge in [0.15, 0.2) is 0 Å². The Labute approximate surface area is 192 Å². The van der Waals surface area contributed by atoms with Crippen molar-refractivity contribution in [2.45, 2.75) is 103 Å². The Balaban J connectivity index is 1.67. The zero-order chi connectivity index (χ0) is 23.8. The molecule has 1 saturated heterocycles. The van der Waals surface area contributed by atoms with Gasteiger partial charge in [-0.15, -0.1) is 0 Å². The molecule has 0 aromatic carbocycles. The van der Waals surface area contributed by atoms with Gasteiger partial charge in [0.1, 0.15) is 12.1 Å². The maximum Gasteiger partial charge on any atom is 0.240 e. The second kappa shape index (κ2) is 10.2. The molecule has 1 amide bonds. The van der Waals surface area contributed by atoms with Crippen molar-refractivity contribution in [3.8, 4) is 0 Å². The van der Waals surface area contributed by atoms with E-state index >= 15 is 0 Å². The van der Waals surface area contributed by atoms with Crippen molar-refractivity contribution in [1.82, 2.24) is 10.4 Å². The van der Waals surface area contributed by atoms with Gasteiger partial charge in [0.05, 0.1) is 24.9 Å². The topological polar surface area (TPSA) is 122 Å². The van der Waals surface area contributed by atoms with Gasteiger partial charge in [-0.2, -0.15) is 5.06 Å². The van der Waals surface area contributed by atoms with Gasteiger partial charge in [-0.25, -0.2) is 0 Å². The van der Waals surface area contributed by atoms with Crippen molar-refractivity contribution >= 4 is 5.91 Å². The molecule has 0 aromatic rings. The van der Waals surface area contributed by atoms with Crippen LogP contribution in [0, 0.1) is 29.1 Å². The average Bonchev–Trinajstić information content (AvgIpc) is 3.12. The van der Waals surface area contributed by atoms with Gasteiger partial charge in [-0.1, -0.05) is 27.7 Å². The van der Waals surface area contributed by atoms with E-state index < -0.39 is 36.4 Å². The third-order valence-corrected chi connectivity index (χ3v) is 8.80. The quantitative estimate of drug-likeness (QED) is 0.333. The molecule has 2 unspecified atom stereocenters. The Kier molecular flexibility index (Phi) is 8.27. The highest BCUT2D eigenvalue weighted by Crippen LogP contribution is 2.61. The second-order valence-corrected chi connectivity index (χ2v) is 11.0. The van der Waals surface area contributed by atoms with Crippen LogP contribution < -0.4 is 5.32 Å². The van der Waals surface area contributed by atoms with E-state index in [-0.39, 0.29) is 18.6 Å². The molecule has 1 heterocycles. The maximum absolute atomic E-state index is 13.5. The monoisotopic (exact) mass is 456 g/mol. The number of nitrogens with zero attached hydrogens (tertiary/aromatic N) is 1. The zero-order valence-electron chi connectivity index (χ0n) is 20.3. The minimum absolute atomic E-state index is 0.102. The maximum atomic E-state index is 13.5. The molecule has 5 N–H and O–H groups in total. The average molecular weight is 457 g/mol. The summed E-state index contributed by atoms with van der Waals surface area (Å²) in [4.78, 5) is 19.3. The Bertz CT molecular complexity index is 644. The van der Waals surface area contributed by atoms with Crippen LogP contribution in [-0.2, 0) is 9.63 Å². The number of hydroxylamine groups is 2. The molecular formula is C24H44N2O6. The van der Waals surface area contributed by atoms with Gasteiger partial charge in [0, 0.05) is 18.5 Å². The molecule has 4 aliphatic rings. The van der Waals surface area contributed by atoms with Crippen molar-refractivity contribution in [3.63, 3.8) is 0 Å².